The molecule has 100 valence electrons. The molecule has 3 N–H and O–H groups in total. The van der Waals surface area contributed by atoms with Gasteiger partial charge >= 0.3 is 6.18 Å². The van der Waals surface area contributed by atoms with Crippen molar-refractivity contribution >= 4 is 49.1 Å². The summed E-state index contributed by atoms with van der Waals surface area (Å²) in [5, 5.41) is 2.39. The largest absolute Gasteiger partial charge is 0.399 e. The third-order valence-electron chi connectivity index (χ3n) is 1.96. The summed E-state index contributed by atoms with van der Waals surface area (Å²) in [6.07, 6.45) is -6.11. The van der Waals surface area contributed by atoms with Crippen LogP contribution in [0.15, 0.2) is 21.1 Å². The van der Waals surface area contributed by atoms with E-state index in [0.717, 1.165) is 0 Å². The van der Waals surface area contributed by atoms with E-state index in [1.165, 1.54) is 0 Å². The number of nitrogen functional groups attached to an aromatic ring is 1. The third kappa shape index (κ3) is 4.85. The van der Waals surface area contributed by atoms with Crippen molar-refractivity contribution in [3.63, 3.8) is 0 Å². The maximum absolute atomic E-state index is 12.0. The molecule has 0 aromatic heterocycles. The van der Waals surface area contributed by atoms with Gasteiger partial charge in [0.25, 0.3) is 0 Å². The van der Waals surface area contributed by atoms with Crippen molar-refractivity contribution in [2.45, 2.75) is 19.0 Å². The second-order valence-corrected chi connectivity index (χ2v) is 5.23. The fraction of sp³-hybridized carbons (Fsp3) is 0.300. The number of rotatable bonds is 3. The molecule has 0 atom stereocenters. The highest BCUT2D eigenvalue weighted by atomic mass is 79.9. The van der Waals surface area contributed by atoms with E-state index in [4.69, 9.17) is 5.73 Å². The Labute approximate surface area is 118 Å². The summed E-state index contributed by atoms with van der Waals surface area (Å²) in [7, 11) is 0. The van der Waals surface area contributed by atoms with Crippen molar-refractivity contribution in [1.82, 2.24) is 0 Å². The Morgan fingerprint density at radius 1 is 1.28 bits per heavy atom. The Balaban J connectivity index is 2.71. The van der Waals surface area contributed by atoms with Gasteiger partial charge in [0.1, 0.15) is 0 Å². The van der Waals surface area contributed by atoms with Gasteiger partial charge in [-0.3, -0.25) is 4.79 Å². The van der Waals surface area contributed by atoms with Crippen molar-refractivity contribution in [3.8, 4) is 0 Å². The van der Waals surface area contributed by atoms with Crippen molar-refractivity contribution in [3.05, 3.63) is 21.1 Å². The molecule has 1 aromatic rings. The van der Waals surface area contributed by atoms with Crippen LogP contribution in [0.5, 0.6) is 0 Å². The topological polar surface area (TPSA) is 55.1 Å². The highest BCUT2D eigenvalue weighted by Crippen LogP contribution is 2.33. The molecule has 0 fully saturated rings. The Hall–Kier alpha value is -0.760. The Bertz CT molecular complexity index is 440. The lowest BCUT2D eigenvalue weighted by molar-refractivity contribution is -0.142. The van der Waals surface area contributed by atoms with Crippen LogP contribution in [-0.2, 0) is 4.79 Å². The summed E-state index contributed by atoms with van der Waals surface area (Å²) in [5.74, 6) is -0.710. The molecule has 0 unspecified atom stereocenters. The minimum Gasteiger partial charge on any atom is -0.399 e. The van der Waals surface area contributed by atoms with E-state index in [1.807, 2.05) is 0 Å². The normalized spacial score (nSPS) is 11.4. The fourth-order valence-corrected chi connectivity index (χ4v) is 2.59. The zero-order valence-electron chi connectivity index (χ0n) is 8.94. The van der Waals surface area contributed by atoms with Gasteiger partial charge in [0, 0.05) is 21.1 Å². The predicted octanol–water partition coefficient (Wildman–Crippen LogP) is 4.07. The predicted molar refractivity (Wildman–Crippen MR) is 70.2 cm³/mol. The Morgan fingerprint density at radius 3 is 2.22 bits per heavy atom. The second kappa shape index (κ2) is 5.92. The number of hydrogen-bond acceptors (Lipinski definition) is 2. The van der Waals surface area contributed by atoms with E-state index in [-0.39, 0.29) is 0 Å². The van der Waals surface area contributed by atoms with Crippen LogP contribution < -0.4 is 11.1 Å². The van der Waals surface area contributed by atoms with E-state index in [9.17, 15) is 18.0 Å². The molecule has 8 heteroatoms. The van der Waals surface area contributed by atoms with Gasteiger partial charge < -0.3 is 11.1 Å². The van der Waals surface area contributed by atoms with E-state index in [0.29, 0.717) is 20.3 Å². The standard InChI is InChI=1S/C10H9Br2F3N2O/c11-6-3-5(16)4-7(12)9(6)17-8(18)1-2-10(13,14)15/h3-4H,1-2,16H2,(H,17,18). The second-order valence-electron chi connectivity index (χ2n) is 3.52. The lowest BCUT2D eigenvalue weighted by Crippen LogP contribution is -2.17. The average molecular weight is 390 g/mol. The number of anilines is 2. The summed E-state index contributed by atoms with van der Waals surface area (Å²) in [6.45, 7) is 0. The van der Waals surface area contributed by atoms with Gasteiger partial charge in [-0.1, -0.05) is 0 Å². The summed E-state index contributed by atoms with van der Waals surface area (Å²) < 4.78 is 36.8. The highest BCUT2D eigenvalue weighted by Gasteiger charge is 2.28. The third-order valence-corrected chi connectivity index (χ3v) is 3.22. The molecule has 3 nitrogen and oxygen atoms in total. The molecule has 0 aliphatic rings. The van der Waals surface area contributed by atoms with Crippen LogP contribution in [0.25, 0.3) is 0 Å². The molecule has 0 saturated carbocycles. The lowest BCUT2D eigenvalue weighted by atomic mass is 10.2. The zero-order chi connectivity index (χ0) is 13.9. The van der Waals surface area contributed by atoms with Crippen molar-refractivity contribution in [2.75, 3.05) is 11.1 Å². The first-order valence-corrected chi connectivity index (χ1v) is 6.39. The number of nitrogens with two attached hydrogens (primary N) is 1. The van der Waals surface area contributed by atoms with E-state index >= 15 is 0 Å². The van der Waals surface area contributed by atoms with Gasteiger partial charge in [0.15, 0.2) is 0 Å². The van der Waals surface area contributed by atoms with Gasteiger partial charge in [-0.2, -0.15) is 13.2 Å². The monoisotopic (exact) mass is 388 g/mol. The number of carbonyl (C=O) groups excluding carboxylic acids is 1. The molecule has 0 radical (unpaired) electrons. The first-order chi connectivity index (χ1) is 8.19. The van der Waals surface area contributed by atoms with Crippen LogP contribution in [-0.4, -0.2) is 12.1 Å². The molecule has 1 rings (SSSR count). The van der Waals surface area contributed by atoms with Gasteiger partial charge in [-0.15, -0.1) is 0 Å². The van der Waals surface area contributed by atoms with Crippen LogP contribution in [0.3, 0.4) is 0 Å². The Kier molecular flexibility index (Phi) is 5.03. The molecule has 0 spiro atoms. The highest BCUT2D eigenvalue weighted by molar-refractivity contribution is 9.11. The molecule has 0 aliphatic heterocycles. The average Bonchev–Trinajstić information content (AvgIpc) is 2.19. The minimum atomic E-state index is -4.34. The summed E-state index contributed by atoms with van der Waals surface area (Å²) in [5.41, 5.74) is 6.37. The van der Waals surface area contributed by atoms with Gasteiger partial charge in [0.2, 0.25) is 5.91 Å². The summed E-state index contributed by atoms with van der Waals surface area (Å²) >= 11 is 6.34. The number of hydrogen-bond donors (Lipinski definition) is 2. The van der Waals surface area contributed by atoms with Crippen LogP contribution in [0.1, 0.15) is 12.8 Å². The quantitative estimate of drug-likeness (QED) is 0.765. The van der Waals surface area contributed by atoms with Gasteiger partial charge in [-0.05, 0) is 44.0 Å². The summed E-state index contributed by atoms with van der Waals surface area (Å²) in [6, 6.07) is 3.09. The molecule has 0 saturated heterocycles. The number of benzene rings is 1. The molecule has 18 heavy (non-hydrogen) atoms. The fourth-order valence-electron chi connectivity index (χ4n) is 1.17. The van der Waals surface area contributed by atoms with Crippen LogP contribution in [0.2, 0.25) is 0 Å². The maximum atomic E-state index is 12.0. The van der Waals surface area contributed by atoms with Gasteiger partial charge in [-0.25, -0.2) is 0 Å². The number of halogens is 5. The van der Waals surface area contributed by atoms with E-state index in [2.05, 4.69) is 37.2 Å². The van der Waals surface area contributed by atoms with Crippen LogP contribution in [0.4, 0.5) is 24.5 Å². The number of amides is 1. The number of nitrogens with one attached hydrogen (secondary N) is 1. The van der Waals surface area contributed by atoms with Crippen molar-refractivity contribution in [2.24, 2.45) is 0 Å². The maximum Gasteiger partial charge on any atom is 0.389 e. The van der Waals surface area contributed by atoms with Crippen LogP contribution in [0, 0.1) is 0 Å². The van der Waals surface area contributed by atoms with Crippen molar-refractivity contribution in [1.29, 1.82) is 0 Å². The molecule has 1 aromatic carbocycles. The van der Waals surface area contributed by atoms with E-state index in [1.54, 1.807) is 12.1 Å². The first kappa shape index (κ1) is 15.3. The molecule has 1 amide bonds. The molecular weight excluding hydrogens is 381 g/mol. The van der Waals surface area contributed by atoms with Crippen LogP contribution >= 0.6 is 31.9 Å². The molecular formula is C10H9Br2F3N2O. The molecule has 0 aliphatic carbocycles. The molecule has 0 bridgehead atoms. The minimum absolute atomic E-state index is 0.358. The summed E-state index contributed by atoms with van der Waals surface area (Å²) in [4.78, 5) is 11.4. The van der Waals surface area contributed by atoms with Crippen molar-refractivity contribution < 1.29 is 18.0 Å². The lowest BCUT2D eigenvalue weighted by Gasteiger charge is -2.11. The first-order valence-electron chi connectivity index (χ1n) is 4.80. The Morgan fingerprint density at radius 2 is 1.78 bits per heavy atom. The zero-order valence-corrected chi connectivity index (χ0v) is 12.1. The smallest absolute Gasteiger partial charge is 0.389 e. The number of carbonyl (C=O) groups is 1. The molecule has 0 heterocycles. The van der Waals surface area contributed by atoms with E-state index < -0.39 is 24.9 Å². The SMILES string of the molecule is Nc1cc(Br)c(NC(=O)CCC(F)(F)F)c(Br)c1. The van der Waals surface area contributed by atoms with Gasteiger partial charge in [0.05, 0.1) is 12.1 Å². The number of alkyl halides is 3.